The van der Waals surface area contributed by atoms with Crippen molar-refractivity contribution in [1.29, 1.82) is 0 Å². The summed E-state index contributed by atoms with van der Waals surface area (Å²) in [6.45, 7) is 4.28. The summed E-state index contributed by atoms with van der Waals surface area (Å²) < 4.78 is 5.57. The third-order valence-corrected chi connectivity index (χ3v) is 5.10. The molecule has 3 heterocycles. The van der Waals surface area contributed by atoms with Gasteiger partial charge in [-0.1, -0.05) is 18.2 Å². The van der Waals surface area contributed by atoms with Gasteiger partial charge in [-0.3, -0.25) is 0 Å². The molecule has 2 aliphatic heterocycles. The van der Waals surface area contributed by atoms with Gasteiger partial charge in [-0.05, 0) is 37.8 Å². The number of nitrogens with one attached hydrogen (secondary N) is 2. The minimum Gasteiger partial charge on any atom is -0.376 e. The van der Waals surface area contributed by atoms with E-state index in [2.05, 4.69) is 35.4 Å². The fourth-order valence-electron chi connectivity index (χ4n) is 3.81. The van der Waals surface area contributed by atoms with Crippen LogP contribution in [0, 0.1) is 0 Å². The number of H-pyrrole nitrogens is 1. The maximum absolute atomic E-state index is 12.5. The maximum Gasteiger partial charge on any atom is 0.318 e. The molecule has 122 valence electrons. The van der Waals surface area contributed by atoms with Gasteiger partial charge in [0.25, 0.3) is 0 Å². The molecule has 0 radical (unpaired) electrons. The van der Waals surface area contributed by atoms with Gasteiger partial charge >= 0.3 is 6.03 Å². The van der Waals surface area contributed by atoms with Crippen molar-refractivity contribution in [2.24, 2.45) is 0 Å². The number of hydrogen-bond acceptors (Lipinski definition) is 2. The summed E-state index contributed by atoms with van der Waals surface area (Å²) in [5.74, 6) is 0. The van der Waals surface area contributed by atoms with Crippen LogP contribution in [-0.2, 0) is 11.2 Å². The number of aromatic amines is 1. The molecule has 0 bridgehead atoms. The Morgan fingerprint density at radius 1 is 1.43 bits per heavy atom. The summed E-state index contributed by atoms with van der Waals surface area (Å²) in [4.78, 5) is 18.0. The highest BCUT2D eigenvalue weighted by molar-refractivity contribution is 5.86. The number of amides is 2. The predicted octanol–water partition coefficient (Wildman–Crippen LogP) is 2.98. The van der Waals surface area contributed by atoms with Gasteiger partial charge < -0.3 is 19.9 Å². The van der Waals surface area contributed by atoms with Crippen LogP contribution in [-0.4, -0.2) is 41.7 Å². The zero-order chi connectivity index (χ0) is 15.8. The standard InChI is InChI=1S/C18H23N3O2/c1-12-17-15(14-6-2-3-7-16(14)20-17)8-9-21(12)18(22)19-11-13-5-4-10-23-13/h2-3,6-7,12-13,20H,4-5,8-11H2,1H3,(H,19,22)/t12-,13+/m0/s1. The highest BCUT2D eigenvalue weighted by Gasteiger charge is 2.30. The number of ether oxygens (including phenoxy) is 1. The molecule has 5 nitrogen and oxygen atoms in total. The summed E-state index contributed by atoms with van der Waals surface area (Å²) in [6, 6.07) is 8.45. The molecule has 5 heteroatoms. The molecule has 1 aromatic carbocycles. The summed E-state index contributed by atoms with van der Waals surface area (Å²) in [6.07, 6.45) is 3.22. The lowest BCUT2D eigenvalue weighted by molar-refractivity contribution is 0.107. The Kier molecular flexibility index (Phi) is 3.73. The molecule has 2 atom stereocenters. The minimum absolute atomic E-state index is 0.0114. The molecule has 2 N–H and O–H groups in total. The summed E-state index contributed by atoms with van der Waals surface area (Å²) in [7, 11) is 0. The Morgan fingerprint density at radius 2 is 2.30 bits per heavy atom. The van der Waals surface area contributed by atoms with E-state index < -0.39 is 0 Å². The second-order valence-corrected chi connectivity index (χ2v) is 6.50. The van der Waals surface area contributed by atoms with E-state index in [-0.39, 0.29) is 18.2 Å². The van der Waals surface area contributed by atoms with Crippen LogP contribution in [0.1, 0.15) is 37.1 Å². The van der Waals surface area contributed by atoms with E-state index >= 15 is 0 Å². The molecular formula is C18H23N3O2. The SMILES string of the molecule is C[C@H]1c2[nH]c3ccccc3c2CCN1C(=O)NC[C@H]1CCCO1. The van der Waals surface area contributed by atoms with Crippen molar-refractivity contribution in [3.8, 4) is 0 Å². The van der Waals surface area contributed by atoms with Crippen LogP contribution in [0.25, 0.3) is 10.9 Å². The van der Waals surface area contributed by atoms with Gasteiger partial charge in [-0.15, -0.1) is 0 Å². The molecule has 1 aromatic heterocycles. The quantitative estimate of drug-likeness (QED) is 0.895. The van der Waals surface area contributed by atoms with Crippen molar-refractivity contribution in [1.82, 2.24) is 15.2 Å². The van der Waals surface area contributed by atoms with E-state index in [0.717, 1.165) is 37.9 Å². The van der Waals surface area contributed by atoms with E-state index in [1.807, 2.05) is 11.0 Å². The Labute approximate surface area is 136 Å². The van der Waals surface area contributed by atoms with Crippen LogP contribution < -0.4 is 5.32 Å². The minimum atomic E-state index is 0.0114. The van der Waals surface area contributed by atoms with Crippen LogP contribution in [0.4, 0.5) is 4.79 Å². The van der Waals surface area contributed by atoms with Gasteiger partial charge in [-0.25, -0.2) is 4.79 Å². The highest BCUT2D eigenvalue weighted by atomic mass is 16.5. The van der Waals surface area contributed by atoms with Crippen LogP contribution in [0.2, 0.25) is 0 Å². The molecule has 4 rings (SSSR count). The first-order valence-electron chi connectivity index (χ1n) is 8.49. The van der Waals surface area contributed by atoms with Crippen molar-refractivity contribution in [2.45, 2.75) is 38.3 Å². The number of nitrogens with zero attached hydrogens (tertiary/aromatic N) is 1. The van der Waals surface area contributed by atoms with Crippen LogP contribution in [0.5, 0.6) is 0 Å². The molecule has 1 fully saturated rings. The fourth-order valence-corrected chi connectivity index (χ4v) is 3.81. The number of fused-ring (bicyclic) bond motifs is 3. The number of carbonyl (C=O) groups is 1. The van der Waals surface area contributed by atoms with Gasteiger partial charge in [0.1, 0.15) is 0 Å². The third-order valence-electron chi connectivity index (χ3n) is 5.10. The van der Waals surface area contributed by atoms with E-state index in [4.69, 9.17) is 4.74 Å². The number of carbonyl (C=O) groups excluding carboxylic acids is 1. The topological polar surface area (TPSA) is 57.4 Å². The molecule has 0 aliphatic carbocycles. The maximum atomic E-state index is 12.5. The number of aromatic nitrogens is 1. The molecule has 0 unspecified atom stereocenters. The molecule has 2 aliphatic rings. The van der Waals surface area contributed by atoms with Crippen molar-refractivity contribution >= 4 is 16.9 Å². The number of rotatable bonds is 2. The monoisotopic (exact) mass is 313 g/mol. The molecule has 23 heavy (non-hydrogen) atoms. The molecule has 2 aromatic rings. The molecule has 0 spiro atoms. The number of urea groups is 1. The molecule has 0 saturated carbocycles. The number of benzene rings is 1. The van der Waals surface area contributed by atoms with Gasteiger partial charge in [0.2, 0.25) is 0 Å². The second-order valence-electron chi connectivity index (χ2n) is 6.50. The molecule has 2 amide bonds. The Bertz CT molecular complexity index is 718. The van der Waals surface area contributed by atoms with Gasteiger partial charge in [0.05, 0.1) is 12.1 Å². The van der Waals surface area contributed by atoms with E-state index in [1.54, 1.807) is 0 Å². The highest BCUT2D eigenvalue weighted by Crippen LogP contribution is 2.34. The first kappa shape index (κ1) is 14.6. The smallest absolute Gasteiger partial charge is 0.318 e. The number of hydrogen-bond donors (Lipinski definition) is 2. The van der Waals surface area contributed by atoms with Gasteiger partial charge in [0.15, 0.2) is 0 Å². The first-order chi connectivity index (χ1) is 11.2. The third kappa shape index (κ3) is 2.59. The van der Waals surface area contributed by atoms with E-state index in [0.29, 0.717) is 6.54 Å². The number of para-hydroxylation sites is 1. The van der Waals surface area contributed by atoms with Crippen LogP contribution in [0.15, 0.2) is 24.3 Å². The Morgan fingerprint density at radius 3 is 3.13 bits per heavy atom. The van der Waals surface area contributed by atoms with E-state index in [9.17, 15) is 4.79 Å². The average Bonchev–Trinajstić information content (AvgIpc) is 3.21. The largest absolute Gasteiger partial charge is 0.376 e. The van der Waals surface area contributed by atoms with Crippen molar-refractivity contribution in [2.75, 3.05) is 19.7 Å². The van der Waals surface area contributed by atoms with Crippen LogP contribution in [0.3, 0.4) is 0 Å². The van der Waals surface area contributed by atoms with Crippen molar-refractivity contribution < 1.29 is 9.53 Å². The molecular weight excluding hydrogens is 290 g/mol. The van der Waals surface area contributed by atoms with Crippen molar-refractivity contribution in [3.05, 3.63) is 35.5 Å². The predicted molar refractivity (Wildman–Crippen MR) is 89.5 cm³/mol. The summed E-state index contributed by atoms with van der Waals surface area (Å²) in [5.41, 5.74) is 3.69. The van der Waals surface area contributed by atoms with Crippen molar-refractivity contribution in [3.63, 3.8) is 0 Å². The lowest BCUT2D eigenvalue weighted by Gasteiger charge is -2.33. The zero-order valence-electron chi connectivity index (χ0n) is 13.5. The Hall–Kier alpha value is -2.01. The molecule has 1 saturated heterocycles. The van der Waals surface area contributed by atoms with Crippen LogP contribution >= 0.6 is 0 Å². The normalized spacial score (nSPS) is 24.0. The zero-order valence-corrected chi connectivity index (χ0v) is 13.5. The lowest BCUT2D eigenvalue weighted by Crippen LogP contribution is -2.46. The Balaban J connectivity index is 1.50. The second kappa shape index (κ2) is 5.89. The van der Waals surface area contributed by atoms with E-state index in [1.165, 1.54) is 16.6 Å². The first-order valence-corrected chi connectivity index (χ1v) is 8.49. The fraction of sp³-hybridized carbons (Fsp3) is 0.500. The average molecular weight is 313 g/mol. The van der Waals surface area contributed by atoms with Gasteiger partial charge in [0, 0.05) is 36.3 Å². The lowest BCUT2D eigenvalue weighted by atomic mass is 9.98. The summed E-state index contributed by atoms with van der Waals surface area (Å²) in [5, 5.41) is 4.32. The van der Waals surface area contributed by atoms with Gasteiger partial charge in [-0.2, -0.15) is 0 Å². The summed E-state index contributed by atoms with van der Waals surface area (Å²) >= 11 is 0.